The van der Waals surface area contributed by atoms with Crippen molar-refractivity contribution in [3.63, 3.8) is 0 Å². The number of hydrogen-bond acceptors (Lipinski definition) is 4. The van der Waals surface area contributed by atoms with Gasteiger partial charge in [-0.25, -0.2) is 9.67 Å². The largest absolute Gasteiger partial charge is 0.394 e. The van der Waals surface area contributed by atoms with Crippen LogP contribution in [0.1, 0.15) is 0 Å². The average molecular weight is 225 g/mol. The Bertz CT molecular complexity index is 440. The van der Waals surface area contributed by atoms with Gasteiger partial charge in [0.25, 0.3) is 0 Å². The van der Waals surface area contributed by atoms with E-state index in [9.17, 15) is 0 Å². The average Bonchev–Trinajstić information content (AvgIpc) is 2.68. The fourth-order valence-corrected chi connectivity index (χ4v) is 1.28. The van der Waals surface area contributed by atoms with Crippen LogP contribution in [0.15, 0.2) is 24.5 Å². The van der Waals surface area contributed by atoms with Gasteiger partial charge in [-0.05, 0) is 12.1 Å². The summed E-state index contributed by atoms with van der Waals surface area (Å²) in [7, 11) is 0. The molecular formula is C9H9ClN4O. The predicted octanol–water partition coefficient (Wildman–Crippen LogP) is 0.986. The molecule has 0 amide bonds. The molecule has 0 aromatic carbocycles. The van der Waals surface area contributed by atoms with E-state index in [4.69, 9.17) is 16.7 Å². The minimum atomic E-state index is 0.0433. The first-order valence-electron chi connectivity index (χ1n) is 4.42. The van der Waals surface area contributed by atoms with Crippen molar-refractivity contribution < 1.29 is 5.11 Å². The van der Waals surface area contributed by atoms with E-state index < -0.39 is 0 Å². The molecule has 1 N–H and O–H groups in total. The van der Waals surface area contributed by atoms with E-state index >= 15 is 0 Å². The molecule has 6 heteroatoms. The Labute approximate surface area is 91.3 Å². The number of halogens is 1. The Balaban J connectivity index is 2.25. The normalized spacial score (nSPS) is 10.5. The molecule has 2 aromatic rings. The highest BCUT2D eigenvalue weighted by atomic mass is 35.5. The Morgan fingerprint density at radius 3 is 2.93 bits per heavy atom. The van der Waals surface area contributed by atoms with Crippen molar-refractivity contribution in [2.45, 2.75) is 6.54 Å². The van der Waals surface area contributed by atoms with Gasteiger partial charge in [0.15, 0.2) is 0 Å². The van der Waals surface area contributed by atoms with Gasteiger partial charge in [-0.15, -0.1) is 5.10 Å². The quantitative estimate of drug-likeness (QED) is 0.790. The van der Waals surface area contributed by atoms with Gasteiger partial charge in [0.05, 0.1) is 19.3 Å². The molecule has 2 heterocycles. The lowest BCUT2D eigenvalue weighted by atomic mass is 10.2. The van der Waals surface area contributed by atoms with E-state index in [0.29, 0.717) is 17.4 Å². The third-order valence-electron chi connectivity index (χ3n) is 1.89. The molecule has 0 radical (unpaired) electrons. The zero-order chi connectivity index (χ0) is 10.7. The second-order valence-corrected chi connectivity index (χ2v) is 3.35. The molecule has 0 aliphatic heterocycles. The molecule has 5 nitrogen and oxygen atoms in total. The molecule has 0 aliphatic rings. The van der Waals surface area contributed by atoms with Gasteiger partial charge >= 0.3 is 0 Å². The fourth-order valence-electron chi connectivity index (χ4n) is 1.17. The standard InChI is InChI=1S/C9H9ClN4O/c10-9-2-1-7(5-11-9)8-6-14(3-4-15)13-12-8/h1-2,5-6,15H,3-4H2. The molecule has 0 saturated carbocycles. The summed E-state index contributed by atoms with van der Waals surface area (Å²) in [5, 5.41) is 17.0. The first-order valence-corrected chi connectivity index (χ1v) is 4.80. The highest BCUT2D eigenvalue weighted by Crippen LogP contribution is 2.16. The molecule has 0 unspecified atom stereocenters. The van der Waals surface area contributed by atoms with Crippen molar-refractivity contribution in [1.82, 2.24) is 20.0 Å². The van der Waals surface area contributed by atoms with Crippen LogP contribution in [0.3, 0.4) is 0 Å². The molecule has 0 aliphatic carbocycles. The molecule has 15 heavy (non-hydrogen) atoms. The Hall–Kier alpha value is -1.46. The Kier molecular flexibility index (Phi) is 2.94. The van der Waals surface area contributed by atoms with Crippen LogP contribution >= 0.6 is 11.6 Å². The Morgan fingerprint density at radius 1 is 1.40 bits per heavy atom. The van der Waals surface area contributed by atoms with Crippen LogP contribution in [0, 0.1) is 0 Å². The number of aromatic nitrogens is 4. The lowest BCUT2D eigenvalue weighted by molar-refractivity contribution is 0.268. The maximum atomic E-state index is 8.72. The van der Waals surface area contributed by atoms with Gasteiger partial charge in [0.2, 0.25) is 0 Å². The van der Waals surface area contributed by atoms with Crippen molar-refractivity contribution in [2.24, 2.45) is 0 Å². The first-order chi connectivity index (χ1) is 7.29. The highest BCUT2D eigenvalue weighted by molar-refractivity contribution is 6.29. The number of pyridine rings is 1. The molecular weight excluding hydrogens is 216 g/mol. The van der Waals surface area contributed by atoms with Crippen LogP contribution in [0.2, 0.25) is 5.15 Å². The van der Waals surface area contributed by atoms with Gasteiger partial charge in [-0.2, -0.15) is 0 Å². The smallest absolute Gasteiger partial charge is 0.129 e. The Morgan fingerprint density at radius 2 is 2.27 bits per heavy atom. The van der Waals surface area contributed by atoms with E-state index in [1.807, 2.05) is 6.07 Å². The molecule has 2 aromatic heterocycles. The van der Waals surface area contributed by atoms with E-state index in [1.165, 1.54) is 0 Å². The van der Waals surface area contributed by atoms with Crippen molar-refractivity contribution >= 4 is 11.6 Å². The summed E-state index contributed by atoms with van der Waals surface area (Å²) in [5.74, 6) is 0. The minimum absolute atomic E-state index is 0.0433. The lowest BCUT2D eigenvalue weighted by Gasteiger charge is -1.94. The summed E-state index contributed by atoms with van der Waals surface area (Å²) in [5.41, 5.74) is 1.57. The molecule has 0 bridgehead atoms. The van der Waals surface area contributed by atoms with Crippen LogP contribution in [0.5, 0.6) is 0 Å². The number of rotatable bonds is 3. The van der Waals surface area contributed by atoms with Crippen molar-refractivity contribution in [2.75, 3.05) is 6.61 Å². The van der Waals surface area contributed by atoms with Crippen molar-refractivity contribution in [3.8, 4) is 11.3 Å². The van der Waals surface area contributed by atoms with Gasteiger partial charge in [0.1, 0.15) is 10.8 Å². The van der Waals surface area contributed by atoms with E-state index in [1.54, 1.807) is 23.1 Å². The molecule has 2 rings (SSSR count). The van der Waals surface area contributed by atoms with Crippen LogP contribution < -0.4 is 0 Å². The minimum Gasteiger partial charge on any atom is -0.394 e. The van der Waals surface area contributed by atoms with Gasteiger partial charge in [-0.3, -0.25) is 0 Å². The van der Waals surface area contributed by atoms with E-state index in [-0.39, 0.29) is 6.61 Å². The highest BCUT2D eigenvalue weighted by Gasteiger charge is 2.03. The lowest BCUT2D eigenvalue weighted by Crippen LogP contribution is -2.01. The van der Waals surface area contributed by atoms with E-state index in [2.05, 4.69) is 15.3 Å². The number of hydrogen-bond donors (Lipinski definition) is 1. The molecule has 78 valence electrons. The summed E-state index contributed by atoms with van der Waals surface area (Å²) in [6.45, 7) is 0.482. The second kappa shape index (κ2) is 4.37. The summed E-state index contributed by atoms with van der Waals surface area (Å²) in [4.78, 5) is 3.95. The molecule has 0 saturated heterocycles. The second-order valence-electron chi connectivity index (χ2n) is 2.96. The van der Waals surface area contributed by atoms with Gasteiger partial charge in [0, 0.05) is 11.8 Å². The summed E-state index contributed by atoms with van der Waals surface area (Å²) in [6, 6.07) is 3.52. The topological polar surface area (TPSA) is 63.8 Å². The van der Waals surface area contributed by atoms with Crippen LogP contribution in [0.4, 0.5) is 0 Å². The van der Waals surface area contributed by atoms with E-state index in [0.717, 1.165) is 5.56 Å². The number of aliphatic hydroxyl groups excluding tert-OH is 1. The van der Waals surface area contributed by atoms with Crippen LogP contribution in [0.25, 0.3) is 11.3 Å². The van der Waals surface area contributed by atoms with Crippen LogP contribution in [-0.4, -0.2) is 31.7 Å². The van der Waals surface area contributed by atoms with Gasteiger partial charge in [-0.1, -0.05) is 16.8 Å². The SMILES string of the molecule is OCCn1cc(-c2ccc(Cl)nc2)nn1. The van der Waals surface area contributed by atoms with Crippen molar-refractivity contribution in [1.29, 1.82) is 0 Å². The van der Waals surface area contributed by atoms with Crippen LogP contribution in [-0.2, 0) is 6.54 Å². The zero-order valence-corrected chi connectivity index (χ0v) is 8.59. The van der Waals surface area contributed by atoms with Gasteiger partial charge < -0.3 is 5.11 Å². The summed E-state index contributed by atoms with van der Waals surface area (Å²) in [6.07, 6.45) is 3.39. The number of nitrogens with zero attached hydrogens (tertiary/aromatic N) is 4. The number of aliphatic hydroxyl groups is 1. The summed E-state index contributed by atoms with van der Waals surface area (Å²) < 4.78 is 1.57. The monoisotopic (exact) mass is 224 g/mol. The first kappa shape index (κ1) is 10.1. The maximum Gasteiger partial charge on any atom is 0.129 e. The molecule has 0 fully saturated rings. The zero-order valence-electron chi connectivity index (χ0n) is 7.84. The predicted molar refractivity (Wildman–Crippen MR) is 55.3 cm³/mol. The molecule has 0 atom stereocenters. The maximum absolute atomic E-state index is 8.72. The third kappa shape index (κ3) is 2.31. The molecule has 0 spiro atoms. The third-order valence-corrected chi connectivity index (χ3v) is 2.11. The fraction of sp³-hybridized carbons (Fsp3) is 0.222. The van der Waals surface area contributed by atoms with Crippen molar-refractivity contribution in [3.05, 3.63) is 29.7 Å². The summed E-state index contributed by atoms with van der Waals surface area (Å²) >= 11 is 5.67.